The van der Waals surface area contributed by atoms with Crippen LogP contribution in [0.2, 0.25) is 0 Å². The van der Waals surface area contributed by atoms with Gasteiger partial charge in [-0.3, -0.25) is 0 Å². The number of benzene rings is 2. The average molecular weight is 253 g/mol. The summed E-state index contributed by atoms with van der Waals surface area (Å²) in [4.78, 5) is 2.30. The van der Waals surface area contributed by atoms with Crippen molar-refractivity contribution >= 4 is 5.69 Å². The first-order chi connectivity index (χ1) is 9.34. The lowest BCUT2D eigenvalue weighted by molar-refractivity contribution is 0.183. The Kier molecular flexibility index (Phi) is 3.51. The molecule has 0 aromatic heterocycles. The standard InChI is InChI=1S/C17H19NO/c19-17(15-8-2-1-3-9-15)13-18-12-6-10-14-7-4-5-11-16(14)18/h1-5,7-9,11,17,19H,6,10,12-13H2/t17-/m0/s1. The molecule has 98 valence electrons. The Morgan fingerprint density at radius 2 is 1.74 bits per heavy atom. The molecule has 0 radical (unpaired) electrons. The quantitative estimate of drug-likeness (QED) is 0.908. The fourth-order valence-electron chi connectivity index (χ4n) is 2.79. The lowest BCUT2D eigenvalue weighted by Crippen LogP contribution is -2.33. The molecule has 1 atom stereocenters. The zero-order chi connectivity index (χ0) is 13.1. The van der Waals surface area contributed by atoms with Crippen molar-refractivity contribution in [2.24, 2.45) is 0 Å². The molecule has 19 heavy (non-hydrogen) atoms. The molecule has 2 aromatic carbocycles. The average Bonchev–Trinajstić information content (AvgIpc) is 2.48. The summed E-state index contributed by atoms with van der Waals surface area (Å²) in [6.45, 7) is 1.70. The third-order valence-corrected chi connectivity index (χ3v) is 3.78. The van der Waals surface area contributed by atoms with E-state index < -0.39 is 6.10 Å². The van der Waals surface area contributed by atoms with Crippen molar-refractivity contribution in [3.63, 3.8) is 0 Å². The van der Waals surface area contributed by atoms with Crippen molar-refractivity contribution in [1.29, 1.82) is 0 Å². The molecule has 3 rings (SSSR count). The van der Waals surface area contributed by atoms with Crippen LogP contribution in [0.1, 0.15) is 23.7 Å². The molecule has 0 saturated carbocycles. The van der Waals surface area contributed by atoms with E-state index in [0.717, 1.165) is 18.5 Å². The second-order valence-electron chi connectivity index (χ2n) is 5.10. The molecule has 0 aliphatic carbocycles. The van der Waals surface area contributed by atoms with Crippen LogP contribution in [-0.2, 0) is 6.42 Å². The maximum atomic E-state index is 10.4. The zero-order valence-electron chi connectivity index (χ0n) is 11.0. The van der Waals surface area contributed by atoms with Crippen LogP contribution in [-0.4, -0.2) is 18.2 Å². The Bertz CT molecular complexity index is 538. The predicted molar refractivity (Wildman–Crippen MR) is 78.4 cm³/mol. The summed E-state index contributed by atoms with van der Waals surface area (Å²) in [7, 11) is 0. The molecule has 2 heteroatoms. The van der Waals surface area contributed by atoms with E-state index in [0.29, 0.717) is 6.54 Å². The lowest BCUT2D eigenvalue weighted by atomic mass is 10.0. The molecule has 1 aliphatic rings. The van der Waals surface area contributed by atoms with Crippen molar-refractivity contribution in [3.05, 3.63) is 65.7 Å². The number of aryl methyl sites for hydroxylation is 1. The van der Waals surface area contributed by atoms with Crippen LogP contribution in [0.3, 0.4) is 0 Å². The first-order valence-corrected chi connectivity index (χ1v) is 6.90. The monoisotopic (exact) mass is 253 g/mol. The Morgan fingerprint density at radius 3 is 2.58 bits per heavy atom. The first kappa shape index (κ1) is 12.2. The summed E-state index contributed by atoms with van der Waals surface area (Å²) in [6, 6.07) is 18.4. The molecule has 0 bridgehead atoms. The summed E-state index contributed by atoms with van der Waals surface area (Å²) < 4.78 is 0. The van der Waals surface area contributed by atoms with Gasteiger partial charge in [-0.15, -0.1) is 0 Å². The third kappa shape index (κ3) is 2.64. The van der Waals surface area contributed by atoms with Gasteiger partial charge in [0.15, 0.2) is 0 Å². The maximum Gasteiger partial charge on any atom is 0.0964 e. The predicted octanol–water partition coefficient (Wildman–Crippen LogP) is 3.17. The Balaban J connectivity index is 1.78. The van der Waals surface area contributed by atoms with Crippen LogP contribution in [0.15, 0.2) is 54.6 Å². The van der Waals surface area contributed by atoms with Crippen LogP contribution in [0, 0.1) is 0 Å². The van der Waals surface area contributed by atoms with E-state index in [9.17, 15) is 5.11 Å². The summed E-state index contributed by atoms with van der Waals surface area (Å²) in [6.07, 6.45) is 1.89. The Morgan fingerprint density at radius 1 is 1.00 bits per heavy atom. The van der Waals surface area contributed by atoms with E-state index in [2.05, 4.69) is 29.2 Å². The number of anilines is 1. The molecule has 0 amide bonds. The number of nitrogens with zero attached hydrogens (tertiary/aromatic N) is 1. The van der Waals surface area contributed by atoms with E-state index in [-0.39, 0.29) is 0 Å². The summed E-state index contributed by atoms with van der Waals surface area (Å²) >= 11 is 0. The molecular weight excluding hydrogens is 234 g/mol. The number of fused-ring (bicyclic) bond motifs is 1. The second kappa shape index (κ2) is 5.45. The summed E-state index contributed by atoms with van der Waals surface area (Å²) in [5, 5.41) is 10.4. The molecule has 2 aromatic rings. The number of hydrogen-bond acceptors (Lipinski definition) is 2. The fourth-order valence-corrected chi connectivity index (χ4v) is 2.79. The van der Waals surface area contributed by atoms with Crippen LogP contribution in [0.4, 0.5) is 5.69 Å². The van der Waals surface area contributed by atoms with Gasteiger partial charge in [-0.05, 0) is 30.0 Å². The van der Waals surface area contributed by atoms with Gasteiger partial charge in [-0.25, -0.2) is 0 Å². The van der Waals surface area contributed by atoms with Crippen molar-refractivity contribution < 1.29 is 5.11 Å². The highest BCUT2D eigenvalue weighted by molar-refractivity contribution is 5.55. The summed E-state index contributed by atoms with van der Waals surface area (Å²) in [5.74, 6) is 0. The van der Waals surface area contributed by atoms with Crippen molar-refractivity contribution in [1.82, 2.24) is 0 Å². The van der Waals surface area contributed by atoms with Crippen LogP contribution in [0.25, 0.3) is 0 Å². The van der Waals surface area contributed by atoms with Gasteiger partial charge in [0, 0.05) is 18.8 Å². The SMILES string of the molecule is O[C@@H](CN1CCCc2ccccc21)c1ccccc1. The van der Waals surface area contributed by atoms with E-state index in [1.807, 2.05) is 30.3 Å². The smallest absolute Gasteiger partial charge is 0.0964 e. The van der Waals surface area contributed by atoms with Gasteiger partial charge < -0.3 is 10.0 Å². The fraction of sp³-hybridized carbons (Fsp3) is 0.294. The van der Waals surface area contributed by atoms with E-state index in [4.69, 9.17) is 0 Å². The highest BCUT2D eigenvalue weighted by Crippen LogP contribution is 2.28. The highest BCUT2D eigenvalue weighted by atomic mass is 16.3. The van der Waals surface area contributed by atoms with E-state index >= 15 is 0 Å². The number of rotatable bonds is 3. The minimum absolute atomic E-state index is 0.424. The minimum atomic E-state index is -0.424. The number of para-hydroxylation sites is 1. The zero-order valence-corrected chi connectivity index (χ0v) is 11.0. The van der Waals surface area contributed by atoms with Crippen molar-refractivity contribution in [3.8, 4) is 0 Å². The largest absolute Gasteiger partial charge is 0.387 e. The molecule has 1 N–H and O–H groups in total. The first-order valence-electron chi connectivity index (χ1n) is 6.90. The number of β-amino-alcohol motifs (C(OH)–C–C–N with tert-alkyl or cyclic N) is 1. The van der Waals surface area contributed by atoms with E-state index in [1.54, 1.807) is 0 Å². The topological polar surface area (TPSA) is 23.5 Å². The summed E-state index contributed by atoms with van der Waals surface area (Å²) in [5.41, 5.74) is 3.67. The van der Waals surface area contributed by atoms with Gasteiger partial charge in [0.05, 0.1) is 6.10 Å². The van der Waals surface area contributed by atoms with Crippen molar-refractivity contribution in [2.45, 2.75) is 18.9 Å². The second-order valence-corrected chi connectivity index (χ2v) is 5.10. The molecule has 0 fully saturated rings. The van der Waals surface area contributed by atoms with Gasteiger partial charge in [-0.2, -0.15) is 0 Å². The molecular formula is C17H19NO. The third-order valence-electron chi connectivity index (χ3n) is 3.78. The van der Waals surface area contributed by atoms with Crippen LogP contribution >= 0.6 is 0 Å². The Hall–Kier alpha value is -1.80. The normalized spacial score (nSPS) is 15.9. The maximum absolute atomic E-state index is 10.4. The van der Waals surface area contributed by atoms with Crippen LogP contribution in [0.5, 0.6) is 0 Å². The van der Waals surface area contributed by atoms with Gasteiger partial charge in [-0.1, -0.05) is 48.5 Å². The molecule has 0 spiro atoms. The highest BCUT2D eigenvalue weighted by Gasteiger charge is 2.19. The molecule has 1 aliphatic heterocycles. The van der Waals surface area contributed by atoms with E-state index in [1.165, 1.54) is 17.7 Å². The molecule has 0 saturated heterocycles. The van der Waals surface area contributed by atoms with Gasteiger partial charge in [0.25, 0.3) is 0 Å². The Labute approximate surface area is 114 Å². The molecule has 2 nitrogen and oxygen atoms in total. The number of aliphatic hydroxyl groups is 1. The van der Waals surface area contributed by atoms with Crippen molar-refractivity contribution in [2.75, 3.05) is 18.0 Å². The minimum Gasteiger partial charge on any atom is -0.387 e. The molecule has 1 heterocycles. The van der Waals surface area contributed by atoms with Gasteiger partial charge in [0.2, 0.25) is 0 Å². The molecule has 0 unspecified atom stereocenters. The van der Waals surface area contributed by atoms with Gasteiger partial charge in [0.1, 0.15) is 0 Å². The lowest BCUT2D eigenvalue weighted by Gasteiger charge is -2.33. The number of aliphatic hydroxyl groups excluding tert-OH is 1. The number of hydrogen-bond donors (Lipinski definition) is 1. The van der Waals surface area contributed by atoms with Gasteiger partial charge >= 0.3 is 0 Å². The van der Waals surface area contributed by atoms with Crippen LogP contribution < -0.4 is 4.90 Å².